The number of nitrogens with zero attached hydrogens (tertiary/aromatic N) is 5. The summed E-state index contributed by atoms with van der Waals surface area (Å²) >= 11 is 0. The zero-order valence-electron chi connectivity index (χ0n) is 21.1. The first kappa shape index (κ1) is 24.2. The average Bonchev–Trinajstić information content (AvgIpc) is 2.94. The molecule has 3 heterocycles. The Hall–Kier alpha value is -4.46. The fourth-order valence-corrected chi connectivity index (χ4v) is 4.60. The van der Waals surface area contributed by atoms with Gasteiger partial charge in [-0.15, -0.1) is 0 Å². The Morgan fingerprint density at radius 2 is 1.70 bits per heavy atom. The van der Waals surface area contributed by atoms with Crippen molar-refractivity contribution >= 4 is 17.3 Å². The lowest BCUT2D eigenvalue weighted by Gasteiger charge is -2.37. The predicted molar refractivity (Wildman–Crippen MR) is 145 cm³/mol. The Bertz CT molecular complexity index is 1440. The van der Waals surface area contributed by atoms with Crippen LogP contribution in [0, 0.1) is 13.8 Å². The molecule has 1 amide bonds. The molecule has 2 aromatic heterocycles. The van der Waals surface area contributed by atoms with E-state index in [1.54, 1.807) is 18.6 Å². The molecule has 1 N–H and O–H groups in total. The Morgan fingerprint density at radius 3 is 2.43 bits per heavy atom. The van der Waals surface area contributed by atoms with Crippen LogP contribution in [-0.4, -0.2) is 51.8 Å². The number of hydrogen-bond donors (Lipinski definition) is 1. The molecule has 188 valence electrons. The molecule has 5 rings (SSSR count). The maximum atomic E-state index is 13.6. The van der Waals surface area contributed by atoms with E-state index in [1.165, 1.54) is 4.68 Å². The molecular weight excluding hydrogens is 464 g/mol. The zero-order chi connectivity index (χ0) is 25.8. The second-order valence-corrected chi connectivity index (χ2v) is 9.20. The van der Waals surface area contributed by atoms with Crippen molar-refractivity contribution in [2.45, 2.75) is 20.4 Å². The van der Waals surface area contributed by atoms with Crippen LogP contribution < -0.4 is 15.8 Å². The Morgan fingerprint density at radius 1 is 0.919 bits per heavy atom. The van der Waals surface area contributed by atoms with Crippen molar-refractivity contribution in [1.29, 1.82) is 0 Å². The van der Waals surface area contributed by atoms with E-state index in [4.69, 9.17) is 0 Å². The number of hydrogen-bond acceptors (Lipinski definition) is 6. The van der Waals surface area contributed by atoms with Crippen LogP contribution in [0.15, 0.2) is 84.0 Å². The molecule has 1 saturated heterocycles. The zero-order valence-corrected chi connectivity index (χ0v) is 21.1. The number of aryl methyl sites for hydroxylation is 1. The monoisotopic (exact) mass is 494 g/mol. The van der Waals surface area contributed by atoms with Gasteiger partial charge in [0.2, 0.25) is 0 Å². The molecule has 1 aliphatic heterocycles. The van der Waals surface area contributed by atoms with Crippen LogP contribution in [0.5, 0.6) is 0 Å². The van der Waals surface area contributed by atoms with E-state index < -0.39 is 0 Å². The summed E-state index contributed by atoms with van der Waals surface area (Å²) in [6.45, 7) is 6.82. The number of carbonyl (C=O) groups is 1. The normalized spacial score (nSPS) is 13.5. The number of aromatic nitrogens is 3. The van der Waals surface area contributed by atoms with Gasteiger partial charge in [-0.1, -0.05) is 36.4 Å². The smallest absolute Gasteiger partial charge is 0.296 e. The fraction of sp³-hybridized carbons (Fsp3) is 0.241. The molecular formula is C29H30N6O2. The number of rotatable bonds is 6. The van der Waals surface area contributed by atoms with Gasteiger partial charge in [-0.25, -0.2) is 0 Å². The van der Waals surface area contributed by atoms with Crippen LogP contribution >= 0.6 is 0 Å². The van der Waals surface area contributed by atoms with Crippen molar-refractivity contribution < 1.29 is 4.79 Å². The van der Waals surface area contributed by atoms with Crippen molar-refractivity contribution in [3.05, 3.63) is 112 Å². The average molecular weight is 495 g/mol. The van der Waals surface area contributed by atoms with Crippen LogP contribution in [-0.2, 0) is 6.54 Å². The van der Waals surface area contributed by atoms with Crippen LogP contribution in [0.1, 0.15) is 27.0 Å². The topological polar surface area (TPSA) is 83.4 Å². The van der Waals surface area contributed by atoms with Crippen molar-refractivity contribution in [3.63, 3.8) is 0 Å². The summed E-state index contributed by atoms with van der Waals surface area (Å²) in [5, 5.41) is 7.84. The third-order valence-corrected chi connectivity index (χ3v) is 6.89. The van der Waals surface area contributed by atoms with E-state index in [0.717, 1.165) is 27.9 Å². The number of carbonyl (C=O) groups excluding carboxylic acids is 1. The maximum absolute atomic E-state index is 13.6. The van der Waals surface area contributed by atoms with Gasteiger partial charge in [0.15, 0.2) is 0 Å². The number of nitrogens with one attached hydrogen (secondary N) is 1. The van der Waals surface area contributed by atoms with Gasteiger partial charge >= 0.3 is 0 Å². The summed E-state index contributed by atoms with van der Waals surface area (Å²) in [5.74, 6) is 0.0494. The highest BCUT2D eigenvalue weighted by molar-refractivity contribution is 5.96. The van der Waals surface area contributed by atoms with Gasteiger partial charge in [-0.2, -0.15) is 9.78 Å². The minimum absolute atomic E-state index is 0.0494. The minimum Gasteiger partial charge on any atom is -0.375 e. The lowest BCUT2D eigenvalue weighted by molar-refractivity contribution is 0.0746. The predicted octanol–water partition coefficient (Wildman–Crippen LogP) is 3.82. The van der Waals surface area contributed by atoms with Crippen LogP contribution in [0.25, 0.3) is 5.69 Å². The molecule has 37 heavy (non-hydrogen) atoms. The number of benzene rings is 2. The highest BCUT2D eigenvalue weighted by Crippen LogP contribution is 2.25. The fourth-order valence-electron chi connectivity index (χ4n) is 4.60. The second-order valence-electron chi connectivity index (χ2n) is 9.20. The summed E-state index contributed by atoms with van der Waals surface area (Å²) in [6.07, 6.45) is 5.24. The molecule has 0 spiro atoms. The van der Waals surface area contributed by atoms with Crippen molar-refractivity contribution in [2.24, 2.45) is 0 Å². The molecule has 1 fully saturated rings. The molecule has 0 saturated carbocycles. The van der Waals surface area contributed by atoms with Gasteiger partial charge in [-0.05, 0) is 54.8 Å². The first-order valence-electron chi connectivity index (χ1n) is 12.4. The molecule has 1 aliphatic rings. The SMILES string of the molecule is Cc1cccc(C(=O)N2CCN(c3cnn(-c4ccccc4)c(=O)c3NCc3cccnc3)CC2)c1C. The number of para-hydroxylation sites is 1. The number of amides is 1. The van der Waals surface area contributed by atoms with E-state index in [2.05, 4.69) is 20.3 Å². The quantitative estimate of drug-likeness (QED) is 0.439. The summed E-state index contributed by atoms with van der Waals surface area (Å²) in [4.78, 5) is 35.0. The van der Waals surface area contributed by atoms with Crippen LogP contribution in [0.2, 0.25) is 0 Å². The Kier molecular flexibility index (Phi) is 6.98. The van der Waals surface area contributed by atoms with Gasteiger partial charge in [0.25, 0.3) is 11.5 Å². The van der Waals surface area contributed by atoms with Crippen molar-refractivity contribution in [3.8, 4) is 5.69 Å². The van der Waals surface area contributed by atoms with Gasteiger partial charge in [-0.3, -0.25) is 14.6 Å². The minimum atomic E-state index is -0.221. The standard InChI is InChI=1S/C29H30N6O2/c1-21-8-6-12-25(22(21)2)28(36)34-16-14-33(15-17-34)26-20-32-35(24-10-4-3-5-11-24)29(37)27(26)31-19-23-9-7-13-30-18-23/h3-13,18,20,31H,14-17,19H2,1-2H3. The highest BCUT2D eigenvalue weighted by Gasteiger charge is 2.26. The van der Waals surface area contributed by atoms with E-state index in [0.29, 0.717) is 44.1 Å². The molecule has 8 heteroatoms. The molecule has 0 bridgehead atoms. The highest BCUT2D eigenvalue weighted by atomic mass is 16.2. The number of piperazine rings is 1. The van der Waals surface area contributed by atoms with Crippen LogP contribution in [0.3, 0.4) is 0 Å². The van der Waals surface area contributed by atoms with Crippen molar-refractivity contribution in [1.82, 2.24) is 19.7 Å². The van der Waals surface area contributed by atoms with Gasteiger partial charge in [0.05, 0.1) is 17.6 Å². The third kappa shape index (κ3) is 5.09. The first-order chi connectivity index (χ1) is 18.0. The van der Waals surface area contributed by atoms with E-state index in [9.17, 15) is 9.59 Å². The largest absolute Gasteiger partial charge is 0.375 e. The number of anilines is 2. The summed E-state index contributed by atoms with van der Waals surface area (Å²) < 4.78 is 1.41. The van der Waals surface area contributed by atoms with Gasteiger partial charge in [0, 0.05) is 50.7 Å². The molecule has 0 atom stereocenters. The van der Waals surface area contributed by atoms with Crippen molar-refractivity contribution in [2.75, 3.05) is 36.4 Å². The molecule has 2 aromatic carbocycles. The molecule has 8 nitrogen and oxygen atoms in total. The van der Waals surface area contributed by atoms with E-state index >= 15 is 0 Å². The third-order valence-electron chi connectivity index (χ3n) is 6.89. The lowest BCUT2D eigenvalue weighted by atomic mass is 10.0. The van der Waals surface area contributed by atoms with E-state index in [1.807, 2.05) is 79.4 Å². The molecule has 0 unspecified atom stereocenters. The van der Waals surface area contributed by atoms with Gasteiger partial charge < -0.3 is 15.1 Å². The Labute approximate surface area is 216 Å². The first-order valence-corrected chi connectivity index (χ1v) is 12.4. The molecule has 4 aromatic rings. The van der Waals surface area contributed by atoms with E-state index in [-0.39, 0.29) is 11.5 Å². The maximum Gasteiger partial charge on any atom is 0.296 e. The molecule has 0 aliphatic carbocycles. The van der Waals surface area contributed by atoms with Crippen LogP contribution in [0.4, 0.5) is 11.4 Å². The van der Waals surface area contributed by atoms with Gasteiger partial charge in [0.1, 0.15) is 5.69 Å². The lowest BCUT2D eigenvalue weighted by Crippen LogP contribution is -2.49. The number of pyridine rings is 1. The summed E-state index contributed by atoms with van der Waals surface area (Å²) in [6, 6.07) is 19.1. The second kappa shape index (κ2) is 10.7. The molecule has 0 radical (unpaired) electrons. The summed E-state index contributed by atoms with van der Waals surface area (Å²) in [5.41, 5.74) is 5.55. The summed E-state index contributed by atoms with van der Waals surface area (Å²) in [7, 11) is 0. The Balaban J connectivity index is 1.40.